The largest absolute Gasteiger partial charge is 0.378 e. The maximum atomic E-state index is 6.34. The van der Waals surface area contributed by atoms with Crippen LogP contribution < -0.4 is 0 Å². The monoisotopic (exact) mass is 288 g/mol. The van der Waals surface area contributed by atoms with E-state index in [1.54, 1.807) is 0 Å². The molecule has 2 rings (SSSR count). The van der Waals surface area contributed by atoms with Crippen molar-refractivity contribution < 1.29 is 4.74 Å². The van der Waals surface area contributed by atoms with E-state index in [-0.39, 0.29) is 5.38 Å². The van der Waals surface area contributed by atoms with Crippen LogP contribution in [-0.4, -0.2) is 12.7 Å². The molecule has 2 unspecified atom stereocenters. The maximum Gasteiger partial charge on any atom is 0.0609 e. The highest BCUT2D eigenvalue weighted by Crippen LogP contribution is 2.30. The lowest BCUT2D eigenvalue weighted by atomic mass is 10.0. The second-order valence-corrected chi connectivity index (χ2v) is 5.33. The van der Waals surface area contributed by atoms with Crippen LogP contribution in [0.1, 0.15) is 30.2 Å². The smallest absolute Gasteiger partial charge is 0.0609 e. The predicted octanol–water partition coefficient (Wildman–Crippen LogP) is 4.30. The molecule has 1 nitrogen and oxygen atoms in total. The molecule has 0 bridgehead atoms. The van der Waals surface area contributed by atoms with Crippen LogP contribution in [0.2, 0.25) is 0 Å². The molecule has 0 radical (unpaired) electrons. The molecule has 1 fully saturated rings. The summed E-state index contributed by atoms with van der Waals surface area (Å²) in [6, 6.07) is 8.19. The minimum absolute atomic E-state index is 0.0706. The van der Waals surface area contributed by atoms with Crippen LogP contribution in [-0.2, 0) is 4.74 Å². The predicted molar refractivity (Wildman–Crippen MR) is 66.3 cm³/mol. The fourth-order valence-electron chi connectivity index (χ4n) is 1.87. The molecule has 1 aliphatic heterocycles. The Morgan fingerprint density at radius 1 is 1.40 bits per heavy atom. The molecule has 0 saturated carbocycles. The zero-order valence-corrected chi connectivity index (χ0v) is 10.8. The van der Waals surface area contributed by atoms with Gasteiger partial charge in [0.2, 0.25) is 0 Å². The van der Waals surface area contributed by atoms with Gasteiger partial charge < -0.3 is 4.74 Å². The van der Waals surface area contributed by atoms with E-state index in [0.29, 0.717) is 6.10 Å². The number of hydrogen-bond donors (Lipinski definition) is 0. The number of halogens is 2. The van der Waals surface area contributed by atoms with Crippen molar-refractivity contribution in [2.24, 2.45) is 0 Å². The van der Waals surface area contributed by atoms with Crippen LogP contribution >= 0.6 is 27.5 Å². The molecule has 82 valence electrons. The summed E-state index contributed by atoms with van der Waals surface area (Å²) < 4.78 is 6.67. The Bertz CT molecular complexity index is 306. The summed E-state index contributed by atoms with van der Waals surface area (Å²) in [5.74, 6) is 0. The van der Waals surface area contributed by atoms with Crippen molar-refractivity contribution >= 4 is 27.5 Å². The zero-order valence-electron chi connectivity index (χ0n) is 8.46. The van der Waals surface area contributed by atoms with Crippen LogP contribution in [0.5, 0.6) is 0 Å². The summed E-state index contributed by atoms with van der Waals surface area (Å²) in [5.41, 5.74) is 1.18. The minimum atomic E-state index is 0.0706. The van der Waals surface area contributed by atoms with Crippen molar-refractivity contribution in [1.82, 2.24) is 0 Å². The standard InChI is InChI=1S/C12H14BrClO/c13-10-5-3-9(4-6-10)12(14)8-11-2-1-7-15-11/h3-6,11-12H,1-2,7-8H2. The molecule has 1 aliphatic rings. The first kappa shape index (κ1) is 11.4. The van der Waals surface area contributed by atoms with Gasteiger partial charge in [0.15, 0.2) is 0 Å². The quantitative estimate of drug-likeness (QED) is 0.754. The van der Waals surface area contributed by atoms with E-state index in [1.165, 1.54) is 12.0 Å². The van der Waals surface area contributed by atoms with Gasteiger partial charge in [0.1, 0.15) is 0 Å². The van der Waals surface area contributed by atoms with Crippen LogP contribution in [0, 0.1) is 0 Å². The molecule has 1 aromatic rings. The van der Waals surface area contributed by atoms with Gasteiger partial charge in [-0.1, -0.05) is 28.1 Å². The summed E-state index contributed by atoms with van der Waals surface area (Å²) in [4.78, 5) is 0. The van der Waals surface area contributed by atoms with E-state index in [4.69, 9.17) is 16.3 Å². The average molecular weight is 290 g/mol. The molecule has 0 spiro atoms. The molecule has 1 saturated heterocycles. The molecular formula is C12H14BrClO. The molecule has 1 heterocycles. The van der Waals surface area contributed by atoms with E-state index in [2.05, 4.69) is 28.1 Å². The second-order valence-electron chi connectivity index (χ2n) is 3.89. The van der Waals surface area contributed by atoms with Gasteiger partial charge in [-0.25, -0.2) is 0 Å². The maximum absolute atomic E-state index is 6.34. The third-order valence-corrected chi connectivity index (χ3v) is 3.68. The van der Waals surface area contributed by atoms with Gasteiger partial charge in [-0.05, 0) is 37.0 Å². The van der Waals surface area contributed by atoms with Crippen LogP contribution in [0.3, 0.4) is 0 Å². The zero-order chi connectivity index (χ0) is 10.7. The Balaban J connectivity index is 1.94. The summed E-state index contributed by atoms with van der Waals surface area (Å²) >= 11 is 9.76. The van der Waals surface area contributed by atoms with Crippen molar-refractivity contribution in [3.63, 3.8) is 0 Å². The minimum Gasteiger partial charge on any atom is -0.378 e. The fourth-order valence-corrected chi connectivity index (χ4v) is 2.48. The van der Waals surface area contributed by atoms with E-state index < -0.39 is 0 Å². The number of rotatable bonds is 3. The van der Waals surface area contributed by atoms with Crippen molar-refractivity contribution in [2.45, 2.75) is 30.7 Å². The Morgan fingerprint density at radius 3 is 2.73 bits per heavy atom. The van der Waals surface area contributed by atoms with Crippen LogP contribution in [0.25, 0.3) is 0 Å². The first-order chi connectivity index (χ1) is 7.25. The molecule has 0 aromatic heterocycles. The highest BCUT2D eigenvalue weighted by molar-refractivity contribution is 9.10. The van der Waals surface area contributed by atoms with Crippen molar-refractivity contribution in [1.29, 1.82) is 0 Å². The molecule has 3 heteroatoms. The van der Waals surface area contributed by atoms with E-state index in [9.17, 15) is 0 Å². The molecule has 0 aliphatic carbocycles. The van der Waals surface area contributed by atoms with Crippen molar-refractivity contribution in [2.75, 3.05) is 6.61 Å². The molecule has 1 aromatic carbocycles. The lowest BCUT2D eigenvalue weighted by molar-refractivity contribution is 0.103. The van der Waals surface area contributed by atoms with Crippen LogP contribution in [0.4, 0.5) is 0 Å². The van der Waals surface area contributed by atoms with Gasteiger partial charge in [0, 0.05) is 11.1 Å². The molecule has 2 atom stereocenters. The molecule has 15 heavy (non-hydrogen) atoms. The van der Waals surface area contributed by atoms with E-state index in [1.807, 2.05) is 12.1 Å². The van der Waals surface area contributed by atoms with Gasteiger partial charge in [0.25, 0.3) is 0 Å². The Kier molecular flexibility index (Phi) is 4.06. The SMILES string of the molecule is ClC(CC1CCCO1)c1ccc(Br)cc1. The average Bonchev–Trinajstić information content (AvgIpc) is 2.71. The van der Waals surface area contributed by atoms with Gasteiger partial charge in [0.05, 0.1) is 11.5 Å². The topological polar surface area (TPSA) is 9.23 Å². The fraction of sp³-hybridized carbons (Fsp3) is 0.500. The van der Waals surface area contributed by atoms with Crippen molar-refractivity contribution in [3.05, 3.63) is 34.3 Å². The van der Waals surface area contributed by atoms with Gasteiger partial charge in [-0.15, -0.1) is 11.6 Å². The number of ether oxygens (including phenoxy) is 1. The summed E-state index contributed by atoms with van der Waals surface area (Å²) in [7, 11) is 0. The third kappa shape index (κ3) is 3.20. The molecule has 0 amide bonds. The number of benzene rings is 1. The van der Waals surface area contributed by atoms with Gasteiger partial charge in [-0.3, -0.25) is 0 Å². The number of hydrogen-bond acceptors (Lipinski definition) is 1. The molecular weight excluding hydrogens is 275 g/mol. The molecule has 0 N–H and O–H groups in total. The Labute approximate surface area is 104 Å². The van der Waals surface area contributed by atoms with Gasteiger partial charge in [-0.2, -0.15) is 0 Å². The van der Waals surface area contributed by atoms with E-state index in [0.717, 1.165) is 23.9 Å². The van der Waals surface area contributed by atoms with E-state index >= 15 is 0 Å². The second kappa shape index (κ2) is 5.33. The lowest BCUT2D eigenvalue weighted by Crippen LogP contribution is -2.08. The third-order valence-electron chi connectivity index (χ3n) is 2.73. The summed E-state index contributed by atoms with van der Waals surface area (Å²) in [6.45, 7) is 0.897. The van der Waals surface area contributed by atoms with Crippen molar-refractivity contribution in [3.8, 4) is 0 Å². The van der Waals surface area contributed by atoms with Crippen LogP contribution in [0.15, 0.2) is 28.7 Å². The Morgan fingerprint density at radius 2 is 2.13 bits per heavy atom. The lowest BCUT2D eigenvalue weighted by Gasteiger charge is -2.14. The number of alkyl halides is 1. The summed E-state index contributed by atoms with van der Waals surface area (Å²) in [5, 5.41) is 0.0706. The first-order valence-electron chi connectivity index (χ1n) is 5.27. The highest BCUT2D eigenvalue weighted by atomic mass is 79.9. The highest BCUT2D eigenvalue weighted by Gasteiger charge is 2.20. The first-order valence-corrected chi connectivity index (χ1v) is 6.50. The van der Waals surface area contributed by atoms with Gasteiger partial charge >= 0.3 is 0 Å². The summed E-state index contributed by atoms with van der Waals surface area (Å²) in [6.07, 6.45) is 3.61. The Hall–Kier alpha value is -0.0500. The normalized spacial score (nSPS) is 22.9.